The Kier molecular flexibility index (Phi) is 104. The van der Waals surface area contributed by atoms with E-state index in [9.17, 15) is 0 Å². The summed E-state index contributed by atoms with van der Waals surface area (Å²) in [6, 6.07) is 0. The van der Waals surface area contributed by atoms with Gasteiger partial charge in [0.15, 0.2) is 0 Å². The van der Waals surface area contributed by atoms with Gasteiger partial charge in [-0.2, -0.15) is 0 Å². The van der Waals surface area contributed by atoms with Crippen molar-refractivity contribution in [3.63, 3.8) is 0 Å². The molecule has 0 radical (unpaired) electrons. The standard InChI is InChI=1S/Li.Mg.Sr.Zn.5H/q+1;2*+2;;5*-1. The number of rotatable bonds is 0. The van der Waals surface area contributed by atoms with Gasteiger partial charge in [-0.15, -0.1) is 0 Å². The van der Waals surface area contributed by atoms with Crippen molar-refractivity contribution >= 4 is 68.5 Å². The van der Waals surface area contributed by atoms with E-state index in [0.29, 0.717) is 0 Å². The normalized spacial score (nSPS) is 0. The van der Waals surface area contributed by atoms with Crippen LogP contribution >= 0.6 is 0 Å². The second kappa shape index (κ2) is 16.1. The molecule has 12 valence electrons. The maximum absolute atomic E-state index is 0. The van der Waals surface area contributed by atoms with Crippen molar-refractivity contribution in [2.75, 3.05) is 0 Å². The summed E-state index contributed by atoms with van der Waals surface area (Å²) in [6.45, 7) is 0. The molecule has 0 spiro atoms. The first-order valence-corrected chi connectivity index (χ1v) is 0. The van der Waals surface area contributed by atoms with E-state index >= 15 is 0 Å². The van der Waals surface area contributed by atoms with E-state index in [0.717, 1.165) is 0 Å². The molecule has 0 unspecified atom stereocenters. The zero-order chi connectivity index (χ0) is 0. The maximum atomic E-state index is 0. The van der Waals surface area contributed by atoms with E-state index in [-0.39, 0.29) is 114 Å². The van der Waals surface area contributed by atoms with Crippen molar-refractivity contribution in [3.8, 4) is 0 Å². The third-order valence-electron chi connectivity index (χ3n) is 0. The second-order valence-electron chi connectivity index (χ2n) is 0. The summed E-state index contributed by atoms with van der Waals surface area (Å²) in [5.41, 5.74) is 0. The molecular weight excluding hydrogens is 184 g/mol. The largest absolute Gasteiger partial charge is 2.00 e. The van der Waals surface area contributed by atoms with Crippen LogP contribution in [0.25, 0.3) is 0 Å². The summed E-state index contributed by atoms with van der Waals surface area (Å²) in [5.74, 6) is 0. The number of hydrogen-bond acceptors (Lipinski definition) is 0. The summed E-state index contributed by atoms with van der Waals surface area (Å²) in [4.78, 5) is 0. The molecule has 0 aliphatic carbocycles. The minimum atomic E-state index is 0. The molecule has 0 atom stereocenters. The van der Waals surface area contributed by atoms with Gasteiger partial charge in [0.2, 0.25) is 0 Å². The minimum Gasteiger partial charge on any atom is -1.00 e. The molecule has 0 saturated carbocycles. The van der Waals surface area contributed by atoms with Gasteiger partial charge >= 0.3 is 87.4 Å². The van der Waals surface area contributed by atoms with Gasteiger partial charge in [-0.1, -0.05) is 0 Å². The van der Waals surface area contributed by atoms with Crippen molar-refractivity contribution in [2.24, 2.45) is 0 Å². The first-order chi connectivity index (χ1) is 0. The Morgan fingerprint density at radius 3 is 1.25 bits per heavy atom. The van der Waals surface area contributed by atoms with Gasteiger partial charge in [0.25, 0.3) is 0 Å². The van der Waals surface area contributed by atoms with Gasteiger partial charge in [0.05, 0.1) is 0 Å². The molecule has 4 heavy (non-hydrogen) atoms. The molecule has 0 heterocycles. The third kappa shape index (κ3) is 9.08. The smallest absolute Gasteiger partial charge is 1.00 e. The molecule has 0 aromatic rings. The Bertz CT molecular complexity index is 16.9. The van der Waals surface area contributed by atoms with Crippen LogP contribution in [0.4, 0.5) is 0 Å². The molecule has 0 aromatic carbocycles. The predicted molar refractivity (Wildman–Crippen MR) is 17.1 cm³/mol. The van der Waals surface area contributed by atoms with E-state index < -0.39 is 0 Å². The van der Waals surface area contributed by atoms with Crippen LogP contribution in [0, 0.1) is 0 Å². The van der Waals surface area contributed by atoms with Crippen LogP contribution in [0.5, 0.6) is 0 Å². The van der Waals surface area contributed by atoms with Crippen molar-refractivity contribution in [2.45, 2.75) is 0 Å². The molecule has 0 N–H and O–H groups in total. The fraction of sp³-hybridized carbons (Fsp3) is 0. The predicted octanol–water partition coefficient (Wildman–Crippen LogP) is -3.20. The summed E-state index contributed by atoms with van der Waals surface area (Å²) in [6.07, 6.45) is 0. The first-order valence-electron chi connectivity index (χ1n) is 0. The fourth-order valence-electron chi connectivity index (χ4n) is 0. The summed E-state index contributed by atoms with van der Waals surface area (Å²) >= 11 is 0. The zero-order valence-electron chi connectivity index (χ0n) is 8.12. The minimum absolute atomic E-state index is 0. The van der Waals surface area contributed by atoms with Gasteiger partial charge in [-0.3, -0.25) is 0 Å². The second-order valence-corrected chi connectivity index (χ2v) is 0. The summed E-state index contributed by atoms with van der Waals surface area (Å²) < 4.78 is 0. The van der Waals surface area contributed by atoms with Crippen LogP contribution < -0.4 is 18.9 Å². The molecule has 0 aromatic heterocycles. The van der Waals surface area contributed by atoms with Gasteiger partial charge in [0, 0.05) is 19.5 Å². The van der Waals surface area contributed by atoms with Crippen molar-refractivity contribution < 1.29 is 45.5 Å². The Balaban J connectivity index is 0. The van der Waals surface area contributed by atoms with Gasteiger partial charge in [0.1, 0.15) is 0 Å². The quantitative estimate of drug-likeness (QED) is 0.352. The van der Waals surface area contributed by atoms with Crippen LogP contribution in [0.3, 0.4) is 0 Å². The van der Waals surface area contributed by atoms with E-state index in [4.69, 9.17) is 0 Å². The monoisotopic (exact) mass is 188 g/mol. The molecule has 0 saturated heterocycles. The van der Waals surface area contributed by atoms with Gasteiger partial charge in [-0.05, 0) is 0 Å². The number of hydrogen-bond donors (Lipinski definition) is 0. The van der Waals surface area contributed by atoms with Crippen LogP contribution in [-0.2, 0) is 19.5 Å². The van der Waals surface area contributed by atoms with E-state index in [1.54, 1.807) is 0 Å². The Morgan fingerprint density at radius 1 is 1.25 bits per heavy atom. The Hall–Kier alpha value is 3.47. The molecule has 0 rings (SSSR count). The molecule has 0 amide bonds. The van der Waals surface area contributed by atoms with E-state index in [2.05, 4.69) is 0 Å². The SMILES string of the molecule is [H-].[H-].[H-].[H-].[H-].[Li+].[Mg+2].[Sr+2].[Zn]. The fourth-order valence-corrected chi connectivity index (χ4v) is 0. The van der Waals surface area contributed by atoms with Crippen LogP contribution in [0.2, 0.25) is 0 Å². The van der Waals surface area contributed by atoms with Gasteiger partial charge in [-0.25, -0.2) is 0 Å². The third-order valence-corrected chi connectivity index (χ3v) is 0. The van der Waals surface area contributed by atoms with Crippen LogP contribution in [0.1, 0.15) is 7.13 Å². The van der Waals surface area contributed by atoms with E-state index in [1.165, 1.54) is 0 Å². The molecule has 0 fully saturated rings. The molecule has 0 aliphatic heterocycles. The summed E-state index contributed by atoms with van der Waals surface area (Å²) in [5, 5.41) is 0. The molecule has 0 bridgehead atoms. The average Bonchev–Trinajstić information content (AvgIpc) is 0. The van der Waals surface area contributed by atoms with Crippen molar-refractivity contribution in [3.05, 3.63) is 0 Å². The molecule has 4 heteroatoms. The van der Waals surface area contributed by atoms with E-state index in [1.807, 2.05) is 0 Å². The Labute approximate surface area is 112 Å². The van der Waals surface area contributed by atoms with Crippen molar-refractivity contribution in [1.82, 2.24) is 0 Å². The molecule has 0 aliphatic rings. The molecular formula is H5LiMgSrZn. The molecule has 0 nitrogen and oxygen atoms in total. The topological polar surface area (TPSA) is 0 Å². The van der Waals surface area contributed by atoms with Gasteiger partial charge < -0.3 is 7.13 Å². The zero-order valence-corrected chi connectivity index (χ0v) is 11.0. The first kappa shape index (κ1) is 26.0. The summed E-state index contributed by atoms with van der Waals surface area (Å²) in [7, 11) is 0. The maximum Gasteiger partial charge on any atom is 2.00 e. The van der Waals surface area contributed by atoms with Crippen LogP contribution in [-0.4, -0.2) is 68.5 Å². The Morgan fingerprint density at radius 2 is 1.25 bits per heavy atom. The van der Waals surface area contributed by atoms with Crippen molar-refractivity contribution in [1.29, 1.82) is 0 Å². The van der Waals surface area contributed by atoms with Crippen LogP contribution in [0.15, 0.2) is 0 Å². The average molecular weight is 189 g/mol.